The van der Waals surface area contributed by atoms with Crippen molar-refractivity contribution < 1.29 is 9.90 Å². The van der Waals surface area contributed by atoms with Crippen LogP contribution in [0, 0.1) is 0 Å². The van der Waals surface area contributed by atoms with Gasteiger partial charge < -0.3 is 10.8 Å². The van der Waals surface area contributed by atoms with Gasteiger partial charge in [0.1, 0.15) is 5.82 Å². The normalized spacial score (nSPS) is 15.2. The third kappa shape index (κ3) is 2.87. The van der Waals surface area contributed by atoms with E-state index in [2.05, 4.69) is 9.97 Å². The number of fused-ring (bicyclic) bond motifs is 1. The van der Waals surface area contributed by atoms with Crippen molar-refractivity contribution in [2.45, 2.75) is 25.9 Å². The van der Waals surface area contributed by atoms with Crippen LogP contribution in [0.15, 0.2) is 24.7 Å². The molecule has 3 heterocycles. The maximum atomic E-state index is 11.5. The molecule has 1 aliphatic rings. The second-order valence-corrected chi connectivity index (χ2v) is 5.97. The van der Waals surface area contributed by atoms with Gasteiger partial charge in [-0.05, 0) is 31.4 Å². The Labute approximate surface area is 138 Å². The minimum absolute atomic E-state index is 0.411. The molecule has 0 aliphatic carbocycles. The van der Waals surface area contributed by atoms with Crippen LogP contribution in [0.4, 0.5) is 10.6 Å². The van der Waals surface area contributed by atoms with E-state index in [1.165, 1.54) is 11.1 Å². The molecule has 7 heteroatoms. The highest BCUT2D eigenvalue weighted by molar-refractivity contribution is 6.31. The Morgan fingerprint density at radius 3 is 2.91 bits per heavy atom. The van der Waals surface area contributed by atoms with Crippen molar-refractivity contribution in [1.82, 2.24) is 9.97 Å². The molecule has 23 heavy (non-hydrogen) atoms. The molecule has 1 unspecified atom stereocenters. The van der Waals surface area contributed by atoms with Crippen LogP contribution in [0.3, 0.4) is 0 Å². The average Bonchev–Trinajstić information content (AvgIpc) is 2.53. The maximum Gasteiger partial charge on any atom is 0.320 e. The van der Waals surface area contributed by atoms with E-state index in [1.54, 1.807) is 19.3 Å². The zero-order chi connectivity index (χ0) is 16.6. The monoisotopic (exact) mass is 332 g/mol. The molecule has 1 atom stereocenters. The fraction of sp³-hybridized carbons (Fsp3) is 0.312. The van der Waals surface area contributed by atoms with Crippen LogP contribution in [0.1, 0.15) is 30.6 Å². The fourth-order valence-corrected chi connectivity index (χ4v) is 3.24. The van der Waals surface area contributed by atoms with Crippen LogP contribution in [-0.2, 0) is 6.42 Å². The lowest BCUT2D eigenvalue weighted by Crippen LogP contribution is -2.40. The average molecular weight is 333 g/mol. The van der Waals surface area contributed by atoms with E-state index in [1.807, 2.05) is 6.07 Å². The summed E-state index contributed by atoms with van der Waals surface area (Å²) in [6.07, 6.45) is 5.74. The number of urea groups is 1. The van der Waals surface area contributed by atoms with Gasteiger partial charge in [-0.15, -0.1) is 0 Å². The first kappa shape index (κ1) is 15.7. The van der Waals surface area contributed by atoms with E-state index in [0.29, 0.717) is 22.9 Å². The van der Waals surface area contributed by atoms with Gasteiger partial charge in [0.25, 0.3) is 0 Å². The van der Waals surface area contributed by atoms with Crippen molar-refractivity contribution in [2.24, 2.45) is 5.73 Å². The van der Waals surface area contributed by atoms with E-state index in [9.17, 15) is 9.90 Å². The Balaban J connectivity index is 2.10. The molecule has 3 N–H and O–H groups in total. The Kier molecular flexibility index (Phi) is 4.19. The van der Waals surface area contributed by atoms with E-state index >= 15 is 0 Å². The van der Waals surface area contributed by atoms with E-state index in [4.69, 9.17) is 17.3 Å². The second-order valence-electron chi connectivity index (χ2n) is 5.56. The smallest absolute Gasteiger partial charge is 0.320 e. The van der Waals surface area contributed by atoms with Crippen molar-refractivity contribution in [1.29, 1.82) is 0 Å². The zero-order valence-electron chi connectivity index (χ0n) is 12.7. The molecule has 0 bridgehead atoms. The van der Waals surface area contributed by atoms with E-state index in [-0.39, 0.29) is 0 Å². The number of carbonyl (C=O) groups excluding carboxylic acids is 1. The van der Waals surface area contributed by atoms with Gasteiger partial charge >= 0.3 is 6.03 Å². The third-order valence-electron chi connectivity index (χ3n) is 3.96. The lowest BCUT2D eigenvalue weighted by Gasteiger charge is -2.27. The molecule has 1 aliphatic heterocycles. The van der Waals surface area contributed by atoms with Crippen LogP contribution in [0.2, 0.25) is 5.02 Å². The quantitative estimate of drug-likeness (QED) is 0.884. The predicted molar refractivity (Wildman–Crippen MR) is 88.4 cm³/mol. The van der Waals surface area contributed by atoms with Gasteiger partial charge in [-0.1, -0.05) is 11.6 Å². The maximum absolute atomic E-state index is 11.5. The number of aryl methyl sites for hydroxylation is 1. The van der Waals surface area contributed by atoms with Crippen LogP contribution in [-0.4, -0.2) is 27.7 Å². The number of aliphatic hydroxyl groups is 1. The SMILES string of the molecule is CC(O)c1c(Cl)cncc1-c1cnc2c(c1)CCCN2C(N)=O. The first-order valence-electron chi connectivity index (χ1n) is 7.36. The third-order valence-corrected chi connectivity index (χ3v) is 4.26. The molecule has 0 saturated heterocycles. The second kappa shape index (κ2) is 6.14. The van der Waals surface area contributed by atoms with Gasteiger partial charge in [0.05, 0.1) is 11.1 Å². The van der Waals surface area contributed by atoms with Crippen molar-refractivity contribution in [2.75, 3.05) is 11.4 Å². The minimum atomic E-state index is -0.723. The number of hydrogen-bond acceptors (Lipinski definition) is 4. The molecule has 2 aromatic rings. The topological polar surface area (TPSA) is 92.3 Å². The molecule has 0 saturated carbocycles. The minimum Gasteiger partial charge on any atom is -0.389 e. The molecule has 6 nitrogen and oxygen atoms in total. The van der Waals surface area contributed by atoms with E-state index in [0.717, 1.165) is 29.5 Å². The molecule has 3 rings (SSSR count). The Hall–Kier alpha value is -2.18. The zero-order valence-corrected chi connectivity index (χ0v) is 13.4. The number of aromatic nitrogens is 2. The van der Waals surface area contributed by atoms with Gasteiger partial charge in [-0.25, -0.2) is 9.78 Å². The first-order chi connectivity index (χ1) is 11.0. The first-order valence-corrected chi connectivity index (χ1v) is 7.74. The number of rotatable bonds is 2. The molecule has 120 valence electrons. The van der Waals surface area contributed by atoms with Gasteiger partial charge in [0.2, 0.25) is 0 Å². The Bertz CT molecular complexity index is 764. The number of nitrogens with zero attached hydrogens (tertiary/aromatic N) is 3. The lowest BCUT2D eigenvalue weighted by molar-refractivity contribution is 0.200. The molecule has 0 radical (unpaired) electrons. The summed E-state index contributed by atoms with van der Waals surface area (Å²) in [6, 6.07) is 1.46. The van der Waals surface area contributed by atoms with Gasteiger partial charge in [0.15, 0.2) is 0 Å². The lowest BCUT2D eigenvalue weighted by atomic mass is 9.97. The fourth-order valence-electron chi connectivity index (χ4n) is 2.93. The number of primary amides is 1. The number of nitrogens with two attached hydrogens (primary N) is 1. The predicted octanol–water partition coefficient (Wildman–Crippen LogP) is 2.68. The standard InChI is InChI=1S/C16H17ClN4O2/c1-9(22)14-12(7-19-8-13(14)17)11-5-10-3-2-4-21(16(18)23)15(10)20-6-11/h5-9,22H,2-4H2,1H3,(H2,18,23). The summed E-state index contributed by atoms with van der Waals surface area (Å²) in [5, 5.41) is 10.4. The summed E-state index contributed by atoms with van der Waals surface area (Å²) in [7, 11) is 0. The number of aliphatic hydroxyl groups excluding tert-OH is 1. The van der Waals surface area contributed by atoms with Gasteiger partial charge in [-0.3, -0.25) is 9.88 Å². The Morgan fingerprint density at radius 1 is 1.43 bits per heavy atom. The van der Waals surface area contributed by atoms with Gasteiger partial charge in [-0.2, -0.15) is 0 Å². The molecular formula is C16H17ClN4O2. The molecule has 2 amide bonds. The van der Waals surface area contributed by atoms with Crippen LogP contribution in [0.25, 0.3) is 11.1 Å². The van der Waals surface area contributed by atoms with Crippen LogP contribution in [0.5, 0.6) is 0 Å². The molecule has 0 aromatic carbocycles. The molecule has 2 aromatic heterocycles. The van der Waals surface area contributed by atoms with Crippen molar-refractivity contribution in [3.63, 3.8) is 0 Å². The summed E-state index contributed by atoms with van der Waals surface area (Å²) in [6.45, 7) is 2.23. The largest absolute Gasteiger partial charge is 0.389 e. The summed E-state index contributed by atoms with van der Waals surface area (Å²) in [5.41, 5.74) is 8.51. The number of anilines is 1. The van der Waals surface area contributed by atoms with Gasteiger partial charge in [0, 0.05) is 41.8 Å². The molecular weight excluding hydrogens is 316 g/mol. The number of hydrogen-bond donors (Lipinski definition) is 2. The highest BCUT2D eigenvalue weighted by Crippen LogP contribution is 2.35. The number of carbonyl (C=O) groups is 1. The van der Waals surface area contributed by atoms with Crippen molar-refractivity contribution in [3.05, 3.63) is 40.8 Å². The van der Waals surface area contributed by atoms with Crippen LogP contribution >= 0.6 is 11.6 Å². The van der Waals surface area contributed by atoms with E-state index < -0.39 is 12.1 Å². The van der Waals surface area contributed by atoms with Crippen molar-refractivity contribution >= 4 is 23.4 Å². The highest BCUT2D eigenvalue weighted by Gasteiger charge is 2.23. The summed E-state index contributed by atoms with van der Waals surface area (Å²) >= 11 is 6.17. The number of halogens is 1. The number of amides is 2. The number of pyridine rings is 2. The summed E-state index contributed by atoms with van der Waals surface area (Å²) < 4.78 is 0. The van der Waals surface area contributed by atoms with Crippen LogP contribution < -0.4 is 10.6 Å². The Morgan fingerprint density at radius 2 is 2.22 bits per heavy atom. The summed E-state index contributed by atoms with van der Waals surface area (Å²) in [4.78, 5) is 21.5. The molecule has 0 spiro atoms. The van der Waals surface area contributed by atoms with Crippen molar-refractivity contribution in [3.8, 4) is 11.1 Å². The highest BCUT2D eigenvalue weighted by atomic mass is 35.5. The summed E-state index contributed by atoms with van der Waals surface area (Å²) in [5.74, 6) is 0.598. The molecule has 0 fully saturated rings.